The fourth-order valence-corrected chi connectivity index (χ4v) is 2.31. The Kier molecular flexibility index (Phi) is 2.55. The second-order valence-corrected chi connectivity index (χ2v) is 4.06. The molecule has 1 aliphatic rings. The monoisotopic (exact) mass is 211 g/mol. The minimum Gasteiger partial charge on any atom is -0.495 e. The van der Waals surface area contributed by atoms with E-state index >= 15 is 0 Å². The summed E-state index contributed by atoms with van der Waals surface area (Å²) in [5, 5.41) is 4.18. The smallest absolute Gasteiger partial charge is 0.142 e. The average Bonchev–Trinajstić information content (AvgIpc) is 2.18. The van der Waals surface area contributed by atoms with Gasteiger partial charge in [-0.3, -0.25) is 0 Å². The predicted octanol–water partition coefficient (Wildman–Crippen LogP) is 3.27. The first-order valence-corrected chi connectivity index (χ1v) is 5.22. The summed E-state index contributed by atoms with van der Waals surface area (Å²) >= 11 is 6.17. The van der Waals surface area contributed by atoms with Crippen LogP contribution in [0.25, 0.3) is 0 Å². The lowest BCUT2D eigenvalue weighted by molar-refractivity contribution is 0.414. The molecule has 14 heavy (non-hydrogen) atoms. The first-order chi connectivity index (χ1) is 6.74. The van der Waals surface area contributed by atoms with Gasteiger partial charge in [0.15, 0.2) is 0 Å². The highest BCUT2D eigenvalue weighted by Gasteiger charge is 2.21. The van der Waals surface area contributed by atoms with Crippen LogP contribution in [0.3, 0.4) is 0 Å². The number of methoxy groups -OCH3 is 1. The van der Waals surface area contributed by atoms with Crippen molar-refractivity contribution >= 4 is 17.3 Å². The molecule has 1 N–H and O–H groups in total. The summed E-state index contributed by atoms with van der Waals surface area (Å²) in [4.78, 5) is 0. The highest BCUT2D eigenvalue weighted by molar-refractivity contribution is 6.32. The molecule has 0 radical (unpaired) electrons. The first-order valence-electron chi connectivity index (χ1n) is 4.84. The van der Waals surface area contributed by atoms with Gasteiger partial charge in [-0.15, -0.1) is 0 Å². The Morgan fingerprint density at radius 2 is 2.29 bits per heavy atom. The van der Waals surface area contributed by atoms with Crippen molar-refractivity contribution < 1.29 is 4.74 Å². The number of rotatable bonds is 1. The predicted molar refractivity (Wildman–Crippen MR) is 59.5 cm³/mol. The Morgan fingerprint density at radius 1 is 1.50 bits per heavy atom. The Morgan fingerprint density at radius 3 is 3.00 bits per heavy atom. The zero-order valence-electron chi connectivity index (χ0n) is 8.43. The number of fused-ring (bicyclic) bond motifs is 1. The maximum Gasteiger partial charge on any atom is 0.142 e. The van der Waals surface area contributed by atoms with Crippen LogP contribution in [0.1, 0.15) is 24.8 Å². The number of hydrogen-bond acceptors (Lipinski definition) is 2. The molecule has 0 bridgehead atoms. The highest BCUT2D eigenvalue weighted by Crippen LogP contribution is 2.41. The zero-order chi connectivity index (χ0) is 10.1. The molecule has 0 saturated heterocycles. The topological polar surface area (TPSA) is 21.3 Å². The molecular weight excluding hydrogens is 198 g/mol. The Hall–Kier alpha value is -0.890. The van der Waals surface area contributed by atoms with E-state index in [1.54, 1.807) is 7.11 Å². The molecule has 1 atom stereocenters. The molecule has 1 aromatic carbocycles. The molecule has 2 nitrogen and oxygen atoms in total. The number of anilines is 1. The van der Waals surface area contributed by atoms with Gasteiger partial charge >= 0.3 is 0 Å². The third-order valence-electron chi connectivity index (χ3n) is 2.75. The molecule has 0 fully saturated rings. The normalized spacial score (nSPS) is 19.8. The van der Waals surface area contributed by atoms with E-state index < -0.39 is 0 Å². The van der Waals surface area contributed by atoms with Gasteiger partial charge in [-0.25, -0.2) is 0 Å². The lowest BCUT2D eigenvalue weighted by atomic mass is 9.92. The second-order valence-electron chi connectivity index (χ2n) is 3.65. The third-order valence-corrected chi connectivity index (χ3v) is 3.08. The average molecular weight is 212 g/mol. The number of nitrogens with one attached hydrogen (secondary N) is 1. The zero-order valence-corrected chi connectivity index (χ0v) is 9.19. The fourth-order valence-electron chi connectivity index (χ4n) is 1.97. The van der Waals surface area contributed by atoms with Crippen LogP contribution < -0.4 is 10.1 Å². The van der Waals surface area contributed by atoms with Crippen LogP contribution >= 0.6 is 11.6 Å². The number of ether oxygens (including phenoxy) is 1. The first kappa shape index (κ1) is 9.66. The van der Waals surface area contributed by atoms with E-state index in [1.807, 2.05) is 12.1 Å². The van der Waals surface area contributed by atoms with Crippen molar-refractivity contribution in [3.63, 3.8) is 0 Å². The van der Waals surface area contributed by atoms with E-state index in [1.165, 1.54) is 5.56 Å². The summed E-state index contributed by atoms with van der Waals surface area (Å²) in [6.45, 7) is 3.19. The van der Waals surface area contributed by atoms with Crippen LogP contribution in [-0.4, -0.2) is 13.7 Å². The number of halogens is 1. The molecular formula is C11H14ClNO. The van der Waals surface area contributed by atoms with Crippen LogP contribution in [0, 0.1) is 0 Å². The van der Waals surface area contributed by atoms with Crippen LogP contribution in [0.5, 0.6) is 5.75 Å². The molecule has 1 heterocycles. The Labute approximate surface area is 89.2 Å². The van der Waals surface area contributed by atoms with E-state index in [4.69, 9.17) is 16.3 Å². The molecule has 0 aromatic heterocycles. The summed E-state index contributed by atoms with van der Waals surface area (Å²) in [5.74, 6) is 1.39. The molecule has 2 rings (SSSR count). The van der Waals surface area contributed by atoms with Gasteiger partial charge in [0.25, 0.3) is 0 Å². The van der Waals surface area contributed by atoms with Crippen molar-refractivity contribution in [2.24, 2.45) is 0 Å². The maximum absolute atomic E-state index is 6.17. The molecule has 1 unspecified atom stereocenters. The van der Waals surface area contributed by atoms with Crippen LogP contribution in [0.4, 0.5) is 5.69 Å². The van der Waals surface area contributed by atoms with E-state index in [2.05, 4.69) is 12.2 Å². The van der Waals surface area contributed by atoms with Crippen molar-refractivity contribution in [3.05, 3.63) is 22.7 Å². The van der Waals surface area contributed by atoms with Crippen LogP contribution in [0.2, 0.25) is 5.02 Å². The van der Waals surface area contributed by atoms with Gasteiger partial charge in [-0.1, -0.05) is 18.5 Å². The van der Waals surface area contributed by atoms with Crippen molar-refractivity contribution in [1.82, 2.24) is 0 Å². The van der Waals surface area contributed by atoms with Crippen LogP contribution in [-0.2, 0) is 0 Å². The summed E-state index contributed by atoms with van der Waals surface area (Å²) in [6.07, 6.45) is 1.12. The molecule has 0 saturated carbocycles. The van der Waals surface area contributed by atoms with Gasteiger partial charge in [0.05, 0.1) is 12.8 Å². The van der Waals surface area contributed by atoms with Crippen molar-refractivity contribution in [1.29, 1.82) is 0 Å². The Bertz CT molecular complexity index is 351. The van der Waals surface area contributed by atoms with Gasteiger partial charge < -0.3 is 10.1 Å². The van der Waals surface area contributed by atoms with Crippen molar-refractivity contribution in [3.8, 4) is 5.75 Å². The summed E-state index contributed by atoms with van der Waals surface area (Å²) < 4.78 is 5.29. The molecule has 1 aliphatic heterocycles. The highest BCUT2D eigenvalue weighted by atomic mass is 35.5. The lowest BCUT2D eigenvalue weighted by Gasteiger charge is -2.26. The van der Waals surface area contributed by atoms with Gasteiger partial charge in [-0.2, -0.15) is 0 Å². The largest absolute Gasteiger partial charge is 0.495 e. The fraction of sp³-hybridized carbons (Fsp3) is 0.455. The van der Waals surface area contributed by atoms with E-state index in [9.17, 15) is 0 Å². The molecule has 0 amide bonds. The lowest BCUT2D eigenvalue weighted by Crippen LogP contribution is -2.16. The summed E-state index contributed by atoms with van der Waals surface area (Å²) in [6, 6.07) is 3.81. The molecule has 76 valence electrons. The van der Waals surface area contributed by atoms with Crippen molar-refractivity contribution in [2.45, 2.75) is 19.3 Å². The van der Waals surface area contributed by atoms with Gasteiger partial charge in [0.1, 0.15) is 5.75 Å². The van der Waals surface area contributed by atoms with Crippen molar-refractivity contribution in [2.75, 3.05) is 19.0 Å². The quantitative estimate of drug-likeness (QED) is 0.770. The minimum atomic E-state index is 0.508. The van der Waals surface area contributed by atoms with Crippen LogP contribution in [0.15, 0.2) is 12.1 Å². The summed E-state index contributed by atoms with van der Waals surface area (Å²) in [5.41, 5.74) is 2.26. The number of hydrogen-bond donors (Lipinski definition) is 1. The van der Waals surface area contributed by atoms with E-state index in [-0.39, 0.29) is 0 Å². The molecule has 3 heteroatoms. The van der Waals surface area contributed by atoms with E-state index in [0.717, 1.165) is 29.4 Å². The van der Waals surface area contributed by atoms with Gasteiger partial charge in [0.2, 0.25) is 0 Å². The molecule has 1 aromatic rings. The van der Waals surface area contributed by atoms with Gasteiger partial charge in [0, 0.05) is 17.1 Å². The molecule has 0 aliphatic carbocycles. The third kappa shape index (κ3) is 1.44. The SMILES string of the molecule is COc1ccc(Cl)c2c1NCCC2C. The van der Waals surface area contributed by atoms with E-state index in [0.29, 0.717) is 5.92 Å². The Balaban J connectivity index is 2.57. The number of benzene rings is 1. The molecule has 0 spiro atoms. The van der Waals surface area contributed by atoms with Gasteiger partial charge in [-0.05, 0) is 24.5 Å². The maximum atomic E-state index is 6.17. The second kappa shape index (κ2) is 3.70. The summed E-state index contributed by atoms with van der Waals surface area (Å²) in [7, 11) is 1.68. The minimum absolute atomic E-state index is 0.508. The standard InChI is InChI=1S/C11H14ClNO/c1-7-5-6-13-11-9(14-2)4-3-8(12)10(7)11/h3-4,7,13H,5-6H2,1-2H3.